The van der Waals surface area contributed by atoms with Crippen molar-refractivity contribution in [2.75, 3.05) is 6.54 Å². The predicted molar refractivity (Wildman–Crippen MR) is 113 cm³/mol. The zero-order valence-electron chi connectivity index (χ0n) is 16.7. The first-order valence-electron chi connectivity index (χ1n) is 9.82. The highest BCUT2D eigenvalue weighted by atomic mass is 79.9. The zero-order chi connectivity index (χ0) is 23.5. The maximum absolute atomic E-state index is 13.2. The average Bonchev–Trinajstić information content (AvgIpc) is 3.23. The Morgan fingerprint density at radius 3 is 2.28 bits per heavy atom. The van der Waals surface area contributed by atoms with Gasteiger partial charge in [0.05, 0.1) is 5.56 Å². The van der Waals surface area contributed by atoms with Gasteiger partial charge in [-0.05, 0) is 54.8 Å². The normalized spacial score (nSPS) is 17.1. The lowest BCUT2D eigenvalue weighted by Crippen LogP contribution is -2.52. The van der Waals surface area contributed by atoms with Crippen LogP contribution < -0.4 is 5.32 Å². The van der Waals surface area contributed by atoms with Crippen LogP contribution in [0.4, 0.5) is 13.2 Å². The molecular formula is C22H20BrF3N2O4. The number of carbonyl (C=O) groups is 3. The number of nitrogens with one attached hydrogen (secondary N) is 1. The van der Waals surface area contributed by atoms with Gasteiger partial charge in [0.1, 0.15) is 12.1 Å². The van der Waals surface area contributed by atoms with E-state index in [9.17, 15) is 32.7 Å². The van der Waals surface area contributed by atoms with E-state index in [2.05, 4.69) is 21.2 Å². The summed E-state index contributed by atoms with van der Waals surface area (Å²) in [5, 5.41) is 12.0. The minimum Gasteiger partial charge on any atom is -0.480 e. The Balaban J connectivity index is 1.84. The van der Waals surface area contributed by atoms with E-state index in [1.165, 1.54) is 17.0 Å². The van der Waals surface area contributed by atoms with E-state index < -0.39 is 41.6 Å². The second-order valence-electron chi connectivity index (χ2n) is 7.46. The number of rotatable bonds is 6. The molecule has 0 saturated carbocycles. The Labute approximate surface area is 190 Å². The molecule has 32 heavy (non-hydrogen) atoms. The quantitative estimate of drug-likeness (QED) is 0.614. The zero-order valence-corrected chi connectivity index (χ0v) is 18.3. The molecule has 0 bridgehead atoms. The number of halogens is 4. The topological polar surface area (TPSA) is 86.7 Å². The van der Waals surface area contributed by atoms with Crippen LogP contribution >= 0.6 is 15.9 Å². The molecule has 2 amide bonds. The second-order valence-corrected chi connectivity index (χ2v) is 8.38. The second kappa shape index (κ2) is 9.72. The number of benzene rings is 2. The van der Waals surface area contributed by atoms with Gasteiger partial charge < -0.3 is 15.3 Å². The van der Waals surface area contributed by atoms with E-state index >= 15 is 0 Å². The molecule has 0 spiro atoms. The van der Waals surface area contributed by atoms with Gasteiger partial charge in [0.25, 0.3) is 5.91 Å². The van der Waals surface area contributed by atoms with Gasteiger partial charge in [-0.2, -0.15) is 13.2 Å². The van der Waals surface area contributed by atoms with Crippen LogP contribution in [0.3, 0.4) is 0 Å². The minimum atomic E-state index is -4.49. The number of carbonyl (C=O) groups excluding carboxylic acids is 2. The summed E-state index contributed by atoms with van der Waals surface area (Å²) in [6, 6.07) is 8.58. The molecule has 2 aromatic rings. The van der Waals surface area contributed by atoms with Gasteiger partial charge in [0, 0.05) is 23.0 Å². The average molecular weight is 513 g/mol. The molecule has 1 aliphatic rings. The van der Waals surface area contributed by atoms with Crippen LogP contribution in [-0.2, 0) is 22.2 Å². The molecule has 170 valence electrons. The van der Waals surface area contributed by atoms with Crippen LogP contribution in [0, 0.1) is 0 Å². The fourth-order valence-electron chi connectivity index (χ4n) is 3.60. The highest BCUT2D eigenvalue weighted by Gasteiger charge is 2.38. The van der Waals surface area contributed by atoms with Gasteiger partial charge in [-0.1, -0.05) is 28.1 Å². The fraction of sp³-hybridized carbons (Fsp3) is 0.318. The lowest BCUT2D eigenvalue weighted by Gasteiger charge is -2.27. The summed E-state index contributed by atoms with van der Waals surface area (Å²) < 4.78 is 39.3. The third kappa shape index (κ3) is 5.67. The molecule has 10 heteroatoms. The molecule has 6 nitrogen and oxygen atoms in total. The number of hydrogen-bond donors (Lipinski definition) is 2. The molecule has 3 rings (SSSR count). The van der Waals surface area contributed by atoms with Crippen LogP contribution in [0.5, 0.6) is 0 Å². The molecule has 1 heterocycles. The Morgan fingerprint density at radius 2 is 1.72 bits per heavy atom. The highest BCUT2D eigenvalue weighted by molar-refractivity contribution is 9.10. The fourth-order valence-corrected chi connectivity index (χ4v) is 3.86. The predicted octanol–water partition coefficient (Wildman–Crippen LogP) is 3.88. The van der Waals surface area contributed by atoms with Gasteiger partial charge in [-0.15, -0.1) is 0 Å². The molecule has 0 aromatic heterocycles. The molecule has 1 aliphatic heterocycles. The first-order valence-corrected chi connectivity index (χ1v) is 10.6. The molecule has 1 fully saturated rings. The van der Waals surface area contributed by atoms with Crippen LogP contribution in [0.2, 0.25) is 0 Å². The van der Waals surface area contributed by atoms with Gasteiger partial charge in [-0.25, -0.2) is 4.79 Å². The number of likely N-dealkylation sites (tertiary alicyclic amines) is 1. The van der Waals surface area contributed by atoms with Crippen molar-refractivity contribution < 1.29 is 32.7 Å². The SMILES string of the molecule is O=C(N[C@@H](Cc1ccc(C(F)(F)F)cc1)C(=O)N1CCC[C@H]1C(=O)O)c1ccc(Br)cc1. The number of nitrogens with zero attached hydrogens (tertiary/aromatic N) is 1. The van der Waals surface area contributed by atoms with Gasteiger partial charge in [-0.3, -0.25) is 9.59 Å². The largest absolute Gasteiger partial charge is 0.480 e. The Morgan fingerprint density at radius 1 is 1.09 bits per heavy atom. The van der Waals surface area contributed by atoms with Crippen molar-refractivity contribution in [3.63, 3.8) is 0 Å². The first kappa shape index (κ1) is 23.8. The minimum absolute atomic E-state index is 0.0813. The number of hydrogen-bond acceptors (Lipinski definition) is 3. The van der Waals surface area contributed by atoms with Crippen molar-refractivity contribution in [3.05, 3.63) is 69.7 Å². The van der Waals surface area contributed by atoms with E-state index in [1.807, 2.05) is 0 Å². The molecule has 2 atom stereocenters. The molecule has 0 radical (unpaired) electrons. The van der Waals surface area contributed by atoms with Crippen LogP contribution in [-0.4, -0.2) is 46.4 Å². The lowest BCUT2D eigenvalue weighted by atomic mass is 10.0. The van der Waals surface area contributed by atoms with Gasteiger partial charge in [0.2, 0.25) is 5.91 Å². The van der Waals surface area contributed by atoms with Crippen molar-refractivity contribution in [1.82, 2.24) is 10.2 Å². The summed E-state index contributed by atoms with van der Waals surface area (Å²) in [6.07, 6.45) is -3.76. The number of alkyl halides is 3. The third-order valence-electron chi connectivity index (χ3n) is 5.25. The molecule has 2 N–H and O–H groups in total. The Hall–Kier alpha value is -2.88. The number of amides is 2. The number of aliphatic carboxylic acids is 1. The Kier molecular flexibility index (Phi) is 7.22. The van der Waals surface area contributed by atoms with Gasteiger partial charge in [0.15, 0.2) is 0 Å². The van der Waals surface area contributed by atoms with Crippen molar-refractivity contribution in [1.29, 1.82) is 0 Å². The van der Waals surface area contributed by atoms with E-state index in [0.29, 0.717) is 18.4 Å². The monoisotopic (exact) mass is 512 g/mol. The number of carboxylic acid groups (broad SMARTS) is 1. The maximum Gasteiger partial charge on any atom is 0.416 e. The molecular weight excluding hydrogens is 493 g/mol. The summed E-state index contributed by atoms with van der Waals surface area (Å²) in [5.74, 6) is -2.27. The lowest BCUT2D eigenvalue weighted by molar-refractivity contribution is -0.148. The standard InChI is InChI=1S/C22H20BrF3N2O4/c23-16-9-5-14(6-10-16)19(29)27-17(20(30)28-11-1-2-18(28)21(31)32)12-13-3-7-15(8-4-13)22(24,25)26/h3-10,17-18H,1-2,11-12H2,(H,27,29)(H,31,32)/t17-,18-/m0/s1. The molecule has 2 aromatic carbocycles. The van der Waals surface area contributed by atoms with Crippen molar-refractivity contribution in [2.24, 2.45) is 0 Å². The molecule has 0 unspecified atom stereocenters. The van der Waals surface area contributed by atoms with Crippen LogP contribution in [0.25, 0.3) is 0 Å². The highest BCUT2D eigenvalue weighted by Crippen LogP contribution is 2.29. The van der Waals surface area contributed by atoms with E-state index in [-0.39, 0.29) is 18.5 Å². The summed E-state index contributed by atoms with van der Waals surface area (Å²) in [7, 11) is 0. The first-order chi connectivity index (χ1) is 15.1. The van der Waals surface area contributed by atoms with Crippen molar-refractivity contribution in [2.45, 2.75) is 37.5 Å². The maximum atomic E-state index is 13.2. The summed E-state index contributed by atoms with van der Waals surface area (Å²) in [5.41, 5.74) is -0.137. The van der Waals surface area contributed by atoms with Crippen molar-refractivity contribution >= 4 is 33.7 Å². The van der Waals surface area contributed by atoms with Crippen molar-refractivity contribution in [3.8, 4) is 0 Å². The summed E-state index contributed by atoms with van der Waals surface area (Å²) in [6.45, 7) is 0.230. The van der Waals surface area contributed by atoms with E-state index in [1.54, 1.807) is 24.3 Å². The summed E-state index contributed by atoms with van der Waals surface area (Å²) in [4.78, 5) is 38.6. The van der Waals surface area contributed by atoms with E-state index in [4.69, 9.17) is 0 Å². The van der Waals surface area contributed by atoms with Gasteiger partial charge >= 0.3 is 12.1 Å². The smallest absolute Gasteiger partial charge is 0.416 e. The van der Waals surface area contributed by atoms with Crippen LogP contribution in [0.1, 0.15) is 34.3 Å². The van der Waals surface area contributed by atoms with Crippen LogP contribution in [0.15, 0.2) is 53.0 Å². The summed E-state index contributed by atoms with van der Waals surface area (Å²) >= 11 is 3.27. The molecule has 0 aliphatic carbocycles. The number of carboxylic acids is 1. The molecule has 1 saturated heterocycles. The Bertz CT molecular complexity index is 994. The third-order valence-corrected chi connectivity index (χ3v) is 5.78. The van der Waals surface area contributed by atoms with E-state index in [0.717, 1.165) is 16.6 Å².